The second-order valence-electron chi connectivity index (χ2n) is 5.33. The van der Waals surface area contributed by atoms with Crippen molar-refractivity contribution in [2.45, 2.75) is 46.5 Å². The van der Waals surface area contributed by atoms with E-state index in [1.54, 1.807) is 0 Å². The number of aliphatic carboxylic acids is 1. The highest BCUT2D eigenvalue weighted by atomic mass is 16.4. The van der Waals surface area contributed by atoms with Gasteiger partial charge in [0.15, 0.2) is 0 Å². The van der Waals surface area contributed by atoms with Crippen molar-refractivity contribution < 1.29 is 9.90 Å². The summed E-state index contributed by atoms with van der Waals surface area (Å²) in [5, 5.41) is 11.9. The number of aryl methyl sites for hydroxylation is 1. The summed E-state index contributed by atoms with van der Waals surface area (Å²) < 4.78 is 0. The lowest BCUT2D eigenvalue weighted by Gasteiger charge is -2.13. The minimum Gasteiger partial charge on any atom is -0.481 e. The van der Waals surface area contributed by atoms with Crippen LogP contribution in [0.1, 0.15) is 51.0 Å². The Hall–Kier alpha value is -1.65. The standard InChI is InChI=1S/C14H23N3O2/c1-9(2)14-16-11(4)7-12(17-14)15-8-10(3)5-6-13(18)19/h7,9-10H,5-6,8H2,1-4H3,(H,18,19)(H,15,16,17). The molecule has 0 bridgehead atoms. The fourth-order valence-corrected chi connectivity index (χ4v) is 1.69. The Morgan fingerprint density at radius 1 is 1.37 bits per heavy atom. The van der Waals surface area contributed by atoms with Gasteiger partial charge in [-0.25, -0.2) is 9.97 Å². The van der Waals surface area contributed by atoms with Gasteiger partial charge in [0.2, 0.25) is 0 Å². The van der Waals surface area contributed by atoms with Crippen LogP contribution in [0.4, 0.5) is 5.82 Å². The third kappa shape index (κ3) is 5.68. The molecule has 0 aliphatic heterocycles. The van der Waals surface area contributed by atoms with Gasteiger partial charge in [0.25, 0.3) is 0 Å². The summed E-state index contributed by atoms with van der Waals surface area (Å²) in [5.41, 5.74) is 0.944. The number of nitrogens with one attached hydrogen (secondary N) is 1. The molecule has 0 amide bonds. The molecule has 0 radical (unpaired) electrons. The zero-order valence-electron chi connectivity index (χ0n) is 12.1. The number of carboxylic acids is 1. The van der Waals surface area contributed by atoms with E-state index in [1.807, 2.05) is 19.9 Å². The quantitative estimate of drug-likeness (QED) is 0.793. The van der Waals surface area contributed by atoms with Gasteiger partial charge in [-0.15, -0.1) is 0 Å². The molecule has 0 saturated carbocycles. The zero-order valence-corrected chi connectivity index (χ0v) is 12.1. The summed E-state index contributed by atoms with van der Waals surface area (Å²) in [5.74, 6) is 1.50. The molecule has 0 aliphatic carbocycles. The van der Waals surface area contributed by atoms with Crippen LogP contribution in [-0.2, 0) is 4.79 Å². The number of aromatic nitrogens is 2. The van der Waals surface area contributed by atoms with Crippen molar-refractivity contribution in [3.8, 4) is 0 Å². The molecule has 1 rings (SSSR count). The molecule has 0 aliphatic rings. The van der Waals surface area contributed by atoms with Gasteiger partial charge in [-0.3, -0.25) is 4.79 Å². The molecule has 19 heavy (non-hydrogen) atoms. The molecule has 0 saturated heterocycles. The van der Waals surface area contributed by atoms with E-state index < -0.39 is 5.97 Å². The number of carboxylic acid groups (broad SMARTS) is 1. The van der Waals surface area contributed by atoms with E-state index in [2.05, 4.69) is 29.1 Å². The van der Waals surface area contributed by atoms with Gasteiger partial charge in [0.05, 0.1) is 0 Å². The summed E-state index contributed by atoms with van der Waals surface area (Å²) in [6.45, 7) is 8.84. The maximum absolute atomic E-state index is 10.5. The molecule has 106 valence electrons. The second kappa shape index (κ2) is 7.07. The fourth-order valence-electron chi connectivity index (χ4n) is 1.69. The van der Waals surface area contributed by atoms with Crippen molar-refractivity contribution in [2.24, 2.45) is 5.92 Å². The first-order valence-electron chi connectivity index (χ1n) is 6.69. The molecule has 1 atom stereocenters. The minimum absolute atomic E-state index is 0.211. The molecule has 0 aromatic carbocycles. The topological polar surface area (TPSA) is 75.1 Å². The number of anilines is 1. The first-order valence-corrected chi connectivity index (χ1v) is 6.69. The molecule has 0 spiro atoms. The van der Waals surface area contributed by atoms with Crippen LogP contribution in [0.15, 0.2) is 6.07 Å². The molecule has 1 heterocycles. The monoisotopic (exact) mass is 265 g/mol. The van der Waals surface area contributed by atoms with Gasteiger partial charge in [-0.1, -0.05) is 20.8 Å². The van der Waals surface area contributed by atoms with Crippen molar-refractivity contribution in [1.82, 2.24) is 9.97 Å². The van der Waals surface area contributed by atoms with Crippen LogP contribution in [0.5, 0.6) is 0 Å². The van der Waals surface area contributed by atoms with Crippen LogP contribution in [0, 0.1) is 12.8 Å². The lowest BCUT2D eigenvalue weighted by molar-refractivity contribution is -0.137. The Kier molecular flexibility index (Phi) is 5.73. The Balaban J connectivity index is 2.55. The van der Waals surface area contributed by atoms with Gasteiger partial charge in [0, 0.05) is 30.6 Å². The first-order chi connectivity index (χ1) is 8.88. The number of nitrogens with zero attached hydrogens (tertiary/aromatic N) is 2. The number of hydrogen-bond acceptors (Lipinski definition) is 4. The molecule has 0 fully saturated rings. The molecular formula is C14H23N3O2. The van der Waals surface area contributed by atoms with Gasteiger partial charge in [-0.2, -0.15) is 0 Å². The van der Waals surface area contributed by atoms with E-state index in [9.17, 15) is 4.79 Å². The van der Waals surface area contributed by atoms with E-state index in [1.165, 1.54) is 0 Å². The van der Waals surface area contributed by atoms with Crippen LogP contribution in [-0.4, -0.2) is 27.6 Å². The predicted molar refractivity (Wildman–Crippen MR) is 75.4 cm³/mol. The molecule has 2 N–H and O–H groups in total. The highest BCUT2D eigenvalue weighted by Gasteiger charge is 2.08. The van der Waals surface area contributed by atoms with Crippen molar-refractivity contribution in [3.05, 3.63) is 17.6 Å². The largest absolute Gasteiger partial charge is 0.481 e. The van der Waals surface area contributed by atoms with Crippen LogP contribution in [0.2, 0.25) is 0 Å². The number of rotatable bonds is 7. The predicted octanol–water partition coefficient (Wildman–Crippen LogP) is 2.82. The SMILES string of the molecule is Cc1cc(NCC(C)CCC(=O)O)nc(C(C)C)n1. The van der Waals surface area contributed by atoms with Gasteiger partial charge < -0.3 is 10.4 Å². The molecule has 1 aromatic heterocycles. The van der Waals surface area contributed by atoms with Crippen molar-refractivity contribution >= 4 is 11.8 Å². The normalized spacial score (nSPS) is 12.5. The lowest BCUT2D eigenvalue weighted by atomic mass is 10.1. The molecule has 5 heteroatoms. The van der Waals surface area contributed by atoms with Gasteiger partial charge >= 0.3 is 5.97 Å². The summed E-state index contributed by atoms with van der Waals surface area (Å²) in [6.07, 6.45) is 0.881. The summed E-state index contributed by atoms with van der Waals surface area (Å²) >= 11 is 0. The molecule has 1 unspecified atom stereocenters. The third-order valence-corrected chi connectivity index (χ3v) is 2.87. The molecule has 5 nitrogen and oxygen atoms in total. The van der Waals surface area contributed by atoms with E-state index in [0.717, 1.165) is 23.9 Å². The highest BCUT2D eigenvalue weighted by molar-refractivity contribution is 5.66. The first kappa shape index (κ1) is 15.4. The molecule has 1 aromatic rings. The van der Waals surface area contributed by atoms with Gasteiger partial charge in [0.1, 0.15) is 11.6 Å². The lowest BCUT2D eigenvalue weighted by Crippen LogP contribution is -2.14. The minimum atomic E-state index is -0.744. The summed E-state index contributed by atoms with van der Waals surface area (Å²) in [7, 11) is 0. The Morgan fingerprint density at radius 2 is 2.05 bits per heavy atom. The van der Waals surface area contributed by atoms with Crippen molar-refractivity contribution in [1.29, 1.82) is 0 Å². The van der Waals surface area contributed by atoms with Crippen LogP contribution < -0.4 is 5.32 Å². The van der Waals surface area contributed by atoms with Crippen LogP contribution in [0.3, 0.4) is 0 Å². The Labute approximate surface area is 114 Å². The van der Waals surface area contributed by atoms with Crippen molar-refractivity contribution in [3.63, 3.8) is 0 Å². The van der Waals surface area contributed by atoms with Crippen molar-refractivity contribution in [2.75, 3.05) is 11.9 Å². The van der Waals surface area contributed by atoms with Crippen LogP contribution in [0.25, 0.3) is 0 Å². The average Bonchev–Trinajstić information content (AvgIpc) is 2.33. The number of carbonyl (C=O) groups is 1. The third-order valence-electron chi connectivity index (χ3n) is 2.87. The fraction of sp³-hybridized carbons (Fsp3) is 0.643. The summed E-state index contributed by atoms with van der Waals surface area (Å²) in [6, 6.07) is 1.91. The summed E-state index contributed by atoms with van der Waals surface area (Å²) in [4.78, 5) is 19.4. The Morgan fingerprint density at radius 3 is 2.63 bits per heavy atom. The zero-order chi connectivity index (χ0) is 14.4. The second-order valence-corrected chi connectivity index (χ2v) is 5.33. The highest BCUT2D eigenvalue weighted by Crippen LogP contribution is 2.14. The maximum atomic E-state index is 10.5. The van der Waals surface area contributed by atoms with Crippen LogP contribution >= 0.6 is 0 Å². The van der Waals surface area contributed by atoms with E-state index >= 15 is 0 Å². The Bertz CT molecular complexity index is 433. The molecular weight excluding hydrogens is 242 g/mol. The average molecular weight is 265 g/mol. The number of hydrogen-bond donors (Lipinski definition) is 2. The smallest absolute Gasteiger partial charge is 0.303 e. The van der Waals surface area contributed by atoms with E-state index in [-0.39, 0.29) is 6.42 Å². The van der Waals surface area contributed by atoms with E-state index in [0.29, 0.717) is 18.3 Å². The maximum Gasteiger partial charge on any atom is 0.303 e. The van der Waals surface area contributed by atoms with E-state index in [4.69, 9.17) is 5.11 Å². The van der Waals surface area contributed by atoms with Gasteiger partial charge in [-0.05, 0) is 19.3 Å².